The quantitative estimate of drug-likeness (QED) is 0.497. The van der Waals surface area contributed by atoms with Crippen molar-refractivity contribution >= 4 is 6.08 Å². The van der Waals surface area contributed by atoms with Crippen molar-refractivity contribution in [1.82, 2.24) is 10.2 Å². The van der Waals surface area contributed by atoms with Gasteiger partial charge < -0.3 is 0 Å². The SMILES string of the molecule is [N-]=[N+]=NCC=Cc1cn[nH]c1-c1cccc(F)c1. The van der Waals surface area contributed by atoms with E-state index in [0.29, 0.717) is 0 Å². The molecular formula is C12H10FN5. The fourth-order valence-electron chi connectivity index (χ4n) is 1.56. The third-order valence-electron chi connectivity index (χ3n) is 2.33. The van der Waals surface area contributed by atoms with Crippen molar-refractivity contribution in [1.29, 1.82) is 0 Å². The van der Waals surface area contributed by atoms with E-state index >= 15 is 0 Å². The van der Waals surface area contributed by atoms with Gasteiger partial charge in [0, 0.05) is 22.6 Å². The fourth-order valence-corrected chi connectivity index (χ4v) is 1.56. The van der Waals surface area contributed by atoms with Gasteiger partial charge in [0.05, 0.1) is 11.9 Å². The van der Waals surface area contributed by atoms with Crippen LogP contribution >= 0.6 is 0 Å². The number of H-pyrrole nitrogens is 1. The second-order valence-corrected chi connectivity index (χ2v) is 3.53. The second-order valence-electron chi connectivity index (χ2n) is 3.53. The number of rotatable bonds is 4. The Balaban J connectivity index is 2.27. The van der Waals surface area contributed by atoms with Crippen LogP contribution in [0.4, 0.5) is 4.39 Å². The summed E-state index contributed by atoms with van der Waals surface area (Å²) >= 11 is 0. The lowest BCUT2D eigenvalue weighted by Crippen LogP contribution is -1.83. The highest BCUT2D eigenvalue weighted by atomic mass is 19.1. The Morgan fingerprint density at radius 3 is 3.17 bits per heavy atom. The van der Waals surface area contributed by atoms with E-state index in [1.54, 1.807) is 30.5 Å². The van der Waals surface area contributed by atoms with Crippen molar-refractivity contribution in [2.75, 3.05) is 6.54 Å². The molecule has 0 atom stereocenters. The Bertz CT molecular complexity index is 610. The minimum atomic E-state index is -0.300. The zero-order valence-electron chi connectivity index (χ0n) is 9.42. The molecule has 2 aromatic rings. The summed E-state index contributed by atoms with van der Waals surface area (Å²) < 4.78 is 13.1. The zero-order chi connectivity index (χ0) is 12.8. The predicted molar refractivity (Wildman–Crippen MR) is 67.0 cm³/mol. The van der Waals surface area contributed by atoms with Crippen LogP contribution in [0.5, 0.6) is 0 Å². The Hall–Kier alpha value is -2.59. The first-order chi connectivity index (χ1) is 8.81. The molecule has 0 saturated heterocycles. The second kappa shape index (κ2) is 5.65. The van der Waals surface area contributed by atoms with Crippen LogP contribution < -0.4 is 0 Å². The molecule has 0 aliphatic heterocycles. The maximum Gasteiger partial charge on any atom is 0.123 e. The van der Waals surface area contributed by atoms with E-state index in [9.17, 15) is 4.39 Å². The molecule has 6 heteroatoms. The van der Waals surface area contributed by atoms with Crippen molar-refractivity contribution in [3.63, 3.8) is 0 Å². The molecule has 0 spiro atoms. The highest BCUT2D eigenvalue weighted by Crippen LogP contribution is 2.22. The lowest BCUT2D eigenvalue weighted by molar-refractivity contribution is 0.628. The minimum Gasteiger partial charge on any atom is -0.277 e. The molecule has 1 N–H and O–H groups in total. The van der Waals surface area contributed by atoms with E-state index in [2.05, 4.69) is 20.2 Å². The van der Waals surface area contributed by atoms with Crippen molar-refractivity contribution < 1.29 is 4.39 Å². The summed E-state index contributed by atoms with van der Waals surface area (Å²) in [6, 6.07) is 6.25. The van der Waals surface area contributed by atoms with Crippen LogP contribution in [0.15, 0.2) is 41.7 Å². The number of aromatic amines is 1. The first-order valence-corrected chi connectivity index (χ1v) is 5.28. The number of nitrogens with zero attached hydrogens (tertiary/aromatic N) is 4. The van der Waals surface area contributed by atoms with Crippen LogP contribution in [-0.4, -0.2) is 16.7 Å². The molecule has 0 unspecified atom stereocenters. The standard InChI is InChI=1S/C12H10FN5/c13-11-5-1-3-9(7-11)12-10(8-16-17-12)4-2-6-15-18-14/h1-5,7-8H,6H2,(H,16,17). The van der Waals surface area contributed by atoms with Crippen LogP contribution in [-0.2, 0) is 0 Å². The lowest BCUT2D eigenvalue weighted by atomic mass is 10.1. The van der Waals surface area contributed by atoms with E-state index in [1.165, 1.54) is 12.1 Å². The van der Waals surface area contributed by atoms with Gasteiger partial charge in [-0.25, -0.2) is 4.39 Å². The molecule has 0 fully saturated rings. The van der Waals surface area contributed by atoms with Crippen LogP contribution in [0.1, 0.15) is 5.56 Å². The summed E-state index contributed by atoms with van der Waals surface area (Å²) in [6.07, 6.45) is 5.12. The molecule has 0 radical (unpaired) electrons. The van der Waals surface area contributed by atoms with E-state index in [0.717, 1.165) is 16.8 Å². The summed E-state index contributed by atoms with van der Waals surface area (Å²) in [5.41, 5.74) is 10.4. The van der Waals surface area contributed by atoms with Crippen LogP contribution in [0.3, 0.4) is 0 Å². The van der Waals surface area contributed by atoms with E-state index < -0.39 is 0 Å². The average Bonchev–Trinajstić information content (AvgIpc) is 2.83. The minimum absolute atomic E-state index is 0.268. The highest BCUT2D eigenvalue weighted by Gasteiger charge is 2.05. The van der Waals surface area contributed by atoms with Crippen LogP contribution in [0.2, 0.25) is 0 Å². The molecular weight excluding hydrogens is 233 g/mol. The van der Waals surface area contributed by atoms with Gasteiger partial charge in [0.15, 0.2) is 0 Å². The molecule has 0 saturated carbocycles. The number of hydrogen-bond donors (Lipinski definition) is 1. The molecule has 90 valence electrons. The molecule has 18 heavy (non-hydrogen) atoms. The summed E-state index contributed by atoms with van der Waals surface area (Å²) in [5.74, 6) is -0.300. The summed E-state index contributed by atoms with van der Waals surface area (Å²) in [5, 5.41) is 10.1. The summed E-state index contributed by atoms with van der Waals surface area (Å²) in [6.45, 7) is 0.268. The van der Waals surface area contributed by atoms with E-state index in [4.69, 9.17) is 5.53 Å². The average molecular weight is 243 g/mol. The maximum absolute atomic E-state index is 13.1. The van der Waals surface area contributed by atoms with Gasteiger partial charge >= 0.3 is 0 Å². The Morgan fingerprint density at radius 2 is 2.39 bits per heavy atom. The molecule has 0 bridgehead atoms. The van der Waals surface area contributed by atoms with Crippen molar-refractivity contribution in [3.05, 3.63) is 58.4 Å². The van der Waals surface area contributed by atoms with Gasteiger partial charge in [-0.1, -0.05) is 29.4 Å². The smallest absolute Gasteiger partial charge is 0.123 e. The van der Waals surface area contributed by atoms with E-state index in [1.807, 2.05) is 0 Å². The van der Waals surface area contributed by atoms with Crippen molar-refractivity contribution in [2.45, 2.75) is 0 Å². The molecule has 1 aromatic carbocycles. The largest absolute Gasteiger partial charge is 0.277 e. The van der Waals surface area contributed by atoms with Gasteiger partial charge in [0.25, 0.3) is 0 Å². The molecule has 1 heterocycles. The highest BCUT2D eigenvalue weighted by molar-refractivity contribution is 5.71. The molecule has 2 rings (SSSR count). The van der Waals surface area contributed by atoms with Gasteiger partial charge in [-0.2, -0.15) is 5.10 Å². The number of nitrogens with one attached hydrogen (secondary N) is 1. The van der Waals surface area contributed by atoms with E-state index in [-0.39, 0.29) is 12.4 Å². The Morgan fingerprint density at radius 1 is 1.50 bits per heavy atom. The van der Waals surface area contributed by atoms with Crippen molar-refractivity contribution in [2.24, 2.45) is 5.11 Å². The summed E-state index contributed by atoms with van der Waals surface area (Å²) in [7, 11) is 0. The predicted octanol–water partition coefficient (Wildman–Crippen LogP) is 3.54. The molecule has 0 aliphatic rings. The maximum atomic E-state index is 13.1. The zero-order valence-corrected chi connectivity index (χ0v) is 9.42. The molecule has 5 nitrogen and oxygen atoms in total. The van der Waals surface area contributed by atoms with Gasteiger partial charge in [0.2, 0.25) is 0 Å². The first kappa shape index (κ1) is 11.9. The lowest BCUT2D eigenvalue weighted by Gasteiger charge is -1.99. The van der Waals surface area contributed by atoms with Gasteiger partial charge in [0.1, 0.15) is 5.82 Å². The number of benzene rings is 1. The molecule has 0 aliphatic carbocycles. The van der Waals surface area contributed by atoms with Gasteiger partial charge in [-0.3, -0.25) is 5.10 Å². The number of halogens is 1. The van der Waals surface area contributed by atoms with Crippen molar-refractivity contribution in [3.8, 4) is 11.3 Å². The topological polar surface area (TPSA) is 77.4 Å². The number of hydrogen-bond acceptors (Lipinski definition) is 2. The third kappa shape index (κ3) is 2.75. The first-order valence-electron chi connectivity index (χ1n) is 5.28. The fraction of sp³-hybridized carbons (Fsp3) is 0.0833. The monoisotopic (exact) mass is 243 g/mol. The van der Waals surface area contributed by atoms with Crippen LogP contribution in [0.25, 0.3) is 27.8 Å². The summed E-state index contributed by atoms with van der Waals surface area (Å²) in [4.78, 5) is 2.65. The molecule has 0 amide bonds. The normalized spacial score (nSPS) is 10.5. The van der Waals surface area contributed by atoms with Gasteiger partial charge in [-0.15, -0.1) is 0 Å². The Labute approximate surface area is 103 Å². The molecule has 1 aromatic heterocycles. The third-order valence-corrected chi connectivity index (χ3v) is 2.33. The van der Waals surface area contributed by atoms with Crippen LogP contribution in [0, 0.1) is 5.82 Å². The number of azide groups is 1. The Kier molecular flexibility index (Phi) is 3.73. The number of aromatic nitrogens is 2. The van der Waals surface area contributed by atoms with Gasteiger partial charge in [-0.05, 0) is 17.7 Å².